The zero-order chi connectivity index (χ0) is 17.1. The zero-order valence-corrected chi connectivity index (χ0v) is 14.7. The van der Waals surface area contributed by atoms with Crippen LogP contribution in [0.2, 0.25) is 0 Å². The minimum Gasteiger partial charge on any atom is -0.206 e. The second-order valence-corrected chi connectivity index (χ2v) is 7.05. The topological polar surface area (TPSA) is 0 Å². The van der Waals surface area contributed by atoms with Crippen LogP contribution in [0.1, 0.15) is 30.7 Å². The van der Waals surface area contributed by atoms with Crippen LogP contribution in [-0.2, 0) is 12.8 Å². The molecule has 3 heteroatoms. The van der Waals surface area contributed by atoms with Crippen molar-refractivity contribution >= 4 is 11.3 Å². The van der Waals surface area contributed by atoms with E-state index < -0.39 is 11.6 Å². The van der Waals surface area contributed by atoms with Crippen molar-refractivity contribution in [3.63, 3.8) is 0 Å². The van der Waals surface area contributed by atoms with Crippen molar-refractivity contribution in [2.24, 2.45) is 0 Å². The number of thiophene rings is 1. The number of rotatable bonds is 5. The molecule has 124 valence electrons. The maximum Gasteiger partial charge on any atom is 0.134 e. The van der Waals surface area contributed by atoms with Crippen LogP contribution < -0.4 is 0 Å². The Labute approximate surface area is 145 Å². The second kappa shape index (κ2) is 7.27. The summed E-state index contributed by atoms with van der Waals surface area (Å²) >= 11 is 1.60. The molecule has 0 bridgehead atoms. The van der Waals surface area contributed by atoms with E-state index in [2.05, 4.69) is 13.8 Å². The van der Waals surface area contributed by atoms with Crippen LogP contribution in [-0.4, -0.2) is 0 Å². The standard InChI is InChI=1S/C21H20F2S/c1-3-5-17-10-11-20(24-17)16-12-18(22)21(19(23)13-16)15-8-6-14(4-2)7-9-15/h6-13H,3-5H2,1-2H3. The molecule has 0 nitrogen and oxygen atoms in total. The van der Waals surface area contributed by atoms with E-state index in [1.54, 1.807) is 23.5 Å². The normalized spacial score (nSPS) is 11.0. The summed E-state index contributed by atoms with van der Waals surface area (Å²) in [6, 6.07) is 14.3. The molecule has 3 rings (SSSR count). The summed E-state index contributed by atoms with van der Waals surface area (Å²) in [5.41, 5.74) is 2.38. The Morgan fingerprint density at radius 1 is 0.833 bits per heavy atom. The first-order valence-electron chi connectivity index (χ1n) is 8.29. The van der Waals surface area contributed by atoms with Gasteiger partial charge in [-0.25, -0.2) is 8.78 Å². The molecule has 0 radical (unpaired) electrons. The van der Waals surface area contributed by atoms with E-state index in [0.717, 1.165) is 29.7 Å². The van der Waals surface area contributed by atoms with E-state index in [9.17, 15) is 8.78 Å². The number of halogens is 2. The van der Waals surface area contributed by atoms with Crippen LogP contribution in [0.4, 0.5) is 8.78 Å². The van der Waals surface area contributed by atoms with Crippen LogP contribution in [0, 0.1) is 11.6 Å². The van der Waals surface area contributed by atoms with Gasteiger partial charge in [-0.05, 0) is 53.8 Å². The molecule has 0 saturated carbocycles. The van der Waals surface area contributed by atoms with Crippen molar-refractivity contribution in [2.45, 2.75) is 33.1 Å². The van der Waals surface area contributed by atoms with E-state index in [0.29, 0.717) is 11.1 Å². The fourth-order valence-electron chi connectivity index (χ4n) is 2.81. The minimum absolute atomic E-state index is 0.0479. The molecule has 0 fully saturated rings. The Hall–Kier alpha value is -2.00. The summed E-state index contributed by atoms with van der Waals surface area (Å²) in [5, 5.41) is 0. The average molecular weight is 342 g/mol. The fourth-order valence-corrected chi connectivity index (χ4v) is 3.91. The maximum absolute atomic E-state index is 14.6. The lowest BCUT2D eigenvalue weighted by Crippen LogP contribution is -1.92. The molecule has 24 heavy (non-hydrogen) atoms. The highest BCUT2D eigenvalue weighted by Gasteiger charge is 2.15. The van der Waals surface area contributed by atoms with Crippen LogP contribution in [0.15, 0.2) is 48.5 Å². The highest BCUT2D eigenvalue weighted by molar-refractivity contribution is 7.15. The molecule has 0 saturated heterocycles. The van der Waals surface area contributed by atoms with Crippen LogP contribution in [0.5, 0.6) is 0 Å². The van der Waals surface area contributed by atoms with Gasteiger partial charge in [0.25, 0.3) is 0 Å². The first-order chi connectivity index (χ1) is 11.6. The van der Waals surface area contributed by atoms with E-state index >= 15 is 0 Å². The summed E-state index contributed by atoms with van der Waals surface area (Å²) in [5.74, 6) is -1.03. The predicted molar refractivity (Wildman–Crippen MR) is 98.5 cm³/mol. The lowest BCUT2D eigenvalue weighted by molar-refractivity contribution is 0.590. The van der Waals surface area contributed by atoms with Gasteiger partial charge in [-0.2, -0.15) is 0 Å². The molecule has 0 unspecified atom stereocenters. The first kappa shape index (κ1) is 16.8. The van der Waals surface area contributed by atoms with E-state index in [1.165, 1.54) is 17.0 Å². The molecule has 0 spiro atoms. The number of hydrogen-bond acceptors (Lipinski definition) is 1. The highest BCUT2D eigenvalue weighted by Crippen LogP contribution is 2.34. The molecular weight excluding hydrogens is 322 g/mol. The maximum atomic E-state index is 14.6. The van der Waals surface area contributed by atoms with Crippen molar-refractivity contribution in [2.75, 3.05) is 0 Å². The summed E-state index contributed by atoms with van der Waals surface area (Å²) < 4.78 is 29.2. The summed E-state index contributed by atoms with van der Waals surface area (Å²) in [6.07, 6.45) is 2.97. The molecular formula is C21H20F2S. The number of hydrogen-bond donors (Lipinski definition) is 0. The summed E-state index contributed by atoms with van der Waals surface area (Å²) in [4.78, 5) is 2.15. The van der Waals surface area contributed by atoms with Gasteiger partial charge in [0.05, 0.1) is 5.56 Å². The summed E-state index contributed by atoms with van der Waals surface area (Å²) in [6.45, 7) is 4.18. The van der Waals surface area contributed by atoms with E-state index in [1.807, 2.05) is 24.3 Å². The van der Waals surface area contributed by atoms with Gasteiger partial charge < -0.3 is 0 Å². The molecule has 1 aromatic heterocycles. The van der Waals surface area contributed by atoms with E-state index in [4.69, 9.17) is 0 Å². The fraction of sp³-hybridized carbons (Fsp3) is 0.238. The van der Waals surface area contributed by atoms with Crippen LogP contribution in [0.25, 0.3) is 21.6 Å². The van der Waals surface area contributed by atoms with Gasteiger partial charge in [-0.15, -0.1) is 11.3 Å². The van der Waals surface area contributed by atoms with Gasteiger partial charge in [0.2, 0.25) is 0 Å². The van der Waals surface area contributed by atoms with Crippen molar-refractivity contribution in [1.29, 1.82) is 0 Å². The molecule has 0 aliphatic carbocycles. The molecule has 0 amide bonds. The Morgan fingerprint density at radius 2 is 1.50 bits per heavy atom. The smallest absolute Gasteiger partial charge is 0.134 e. The molecule has 0 aliphatic heterocycles. The number of benzene rings is 2. The minimum atomic E-state index is -0.514. The number of aryl methyl sites for hydroxylation is 2. The van der Waals surface area contributed by atoms with Crippen molar-refractivity contribution in [3.05, 3.63) is 70.6 Å². The molecule has 1 heterocycles. The van der Waals surface area contributed by atoms with Crippen molar-refractivity contribution in [1.82, 2.24) is 0 Å². The highest BCUT2D eigenvalue weighted by atomic mass is 32.1. The second-order valence-electron chi connectivity index (χ2n) is 5.88. The Morgan fingerprint density at radius 3 is 2.08 bits per heavy atom. The molecule has 2 aromatic carbocycles. The monoisotopic (exact) mass is 342 g/mol. The van der Waals surface area contributed by atoms with Crippen LogP contribution >= 0.6 is 11.3 Å². The molecule has 0 N–H and O–H groups in total. The van der Waals surface area contributed by atoms with Crippen molar-refractivity contribution < 1.29 is 8.78 Å². The Balaban J connectivity index is 1.98. The predicted octanol–water partition coefficient (Wildman–Crippen LogP) is 6.88. The molecule has 0 atom stereocenters. The van der Waals surface area contributed by atoms with Gasteiger partial charge in [0, 0.05) is 9.75 Å². The van der Waals surface area contributed by atoms with Gasteiger partial charge in [-0.3, -0.25) is 0 Å². The third-order valence-electron chi connectivity index (χ3n) is 4.14. The SMILES string of the molecule is CCCc1ccc(-c2cc(F)c(-c3ccc(CC)cc3)c(F)c2)s1. The third kappa shape index (κ3) is 3.41. The lowest BCUT2D eigenvalue weighted by Gasteiger charge is -2.08. The van der Waals surface area contributed by atoms with Crippen molar-refractivity contribution in [3.8, 4) is 21.6 Å². The van der Waals surface area contributed by atoms with Gasteiger partial charge in [0.15, 0.2) is 0 Å². The Bertz CT molecular complexity index is 808. The summed E-state index contributed by atoms with van der Waals surface area (Å²) in [7, 11) is 0. The van der Waals surface area contributed by atoms with Gasteiger partial charge in [-0.1, -0.05) is 44.5 Å². The first-order valence-corrected chi connectivity index (χ1v) is 9.11. The molecule has 0 aliphatic rings. The quantitative estimate of drug-likeness (QED) is 0.474. The average Bonchev–Trinajstić information content (AvgIpc) is 3.04. The van der Waals surface area contributed by atoms with Gasteiger partial charge in [0.1, 0.15) is 11.6 Å². The largest absolute Gasteiger partial charge is 0.206 e. The molecule has 3 aromatic rings. The third-order valence-corrected chi connectivity index (χ3v) is 5.33. The zero-order valence-electron chi connectivity index (χ0n) is 13.9. The van der Waals surface area contributed by atoms with Crippen LogP contribution in [0.3, 0.4) is 0 Å². The van der Waals surface area contributed by atoms with E-state index in [-0.39, 0.29) is 5.56 Å². The Kier molecular flexibility index (Phi) is 5.10. The lowest BCUT2D eigenvalue weighted by atomic mass is 10.00. The van der Waals surface area contributed by atoms with Gasteiger partial charge >= 0.3 is 0 Å².